The van der Waals surface area contributed by atoms with Gasteiger partial charge in [-0.1, -0.05) is 34.1 Å². The lowest BCUT2D eigenvalue weighted by Crippen LogP contribution is -1.97. The summed E-state index contributed by atoms with van der Waals surface area (Å²) in [5.41, 5.74) is 1.56. The van der Waals surface area contributed by atoms with E-state index in [1.54, 1.807) is 25.3 Å². The summed E-state index contributed by atoms with van der Waals surface area (Å²) in [5, 5.41) is 8.94. The molecule has 0 heterocycles. The molecular weight excluding hydrogens is 306 g/mol. The Morgan fingerprint density at radius 2 is 1.89 bits per heavy atom. The summed E-state index contributed by atoms with van der Waals surface area (Å²) < 4.78 is 11.8. The molecule has 96 valence electrons. The van der Waals surface area contributed by atoms with Crippen molar-refractivity contribution in [3.05, 3.63) is 58.1 Å². The Morgan fingerprint density at radius 1 is 1.16 bits per heavy atom. The smallest absolute Gasteiger partial charge is 0.124 e. The second kappa shape index (κ2) is 6.26. The van der Waals surface area contributed by atoms with Crippen molar-refractivity contribution < 1.29 is 9.47 Å². The largest absolute Gasteiger partial charge is 0.497 e. The van der Waals surface area contributed by atoms with Crippen molar-refractivity contribution in [1.82, 2.24) is 0 Å². The Balaban J connectivity index is 2.16. The lowest BCUT2D eigenvalue weighted by Gasteiger charge is -2.09. The number of rotatable bonds is 4. The minimum Gasteiger partial charge on any atom is -0.497 e. The van der Waals surface area contributed by atoms with Gasteiger partial charge < -0.3 is 9.47 Å². The van der Waals surface area contributed by atoms with E-state index >= 15 is 0 Å². The molecule has 4 heteroatoms. The Morgan fingerprint density at radius 3 is 2.58 bits per heavy atom. The first-order valence-corrected chi connectivity index (χ1v) is 6.47. The maximum absolute atomic E-state index is 8.94. The Hall–Kier alpha value is -1.99. The van der Waals surface area contributed by atoms with Crippen molar-refractivity contribution in [2.45, 2.75) is 6.61 Å². The molecule has 2 rings (SSSR count). The molecule has 0 radical (unpaired) electrons. The first kappa shape index (κ1) is 13.4. The number of hydrogen-bond acceptors (Lipinski definition) is 3. The summed E-state index contributed by atoms with van der Waals surface area (Å²) in [4.78, 5) is 0. The Labute approximate surface area is 120 Å². The third-order valence-corrected chi connectivity index (χ3v) is 3.37. The van der Waals surface area contributed by atoms with Gasteiger partial charge in [0.1, 0.15) is 18.1 Å². The fourth-order valence-electron chi connectivity index (χ4n) is 1.61. The average Bonchev–Trinajstić information content (AvgIpc) is 2.46. The normalized spacial score (nSPS) is 9.74. The predicted molar refractivity (Wildman–Crippen MR) is 76.2 cm³/mol. The third kappa shape index (κ3) is 3.49. The standard InChI is InChI=1S/C15H12BrNO2/c1-18-13-6-11(9-17)7-14(8-13)19-10-12-4-2-3-5-15(12)16/h2-8H,10H2,1H3. The number of nitrogens with zero attached hydrogens (tertiary/aromatic N) is 1. The van der Waals surface area contributed by atoms with E-state index in [-0.39, 0.29) is 0 Å². The predicted octanol–water partition coefficient (Wildman–Crippen LogP) is 3.91. The molecule has 0 unspecified atom stereocenters. The van der Waals surface area contributed by atoms with Gasteiger partial charge in [-0.15, -0.1) is 0 Å². The fourth-order valence-corrected chi connectivity index (χ4v) is 2.01. The molecule has 0 aliphatic rings. The number of ether oxygens (including phenoxy) is 2. The minimum atomic E-state index is 0.430. The van der Waals surface area contributed by atoms with Crippen LogP contribution in [0.25, 0.3) is 0 Å². The molecule has 0 aliphatic heterocycles. The van der Waals surface area contributed by atoms with Gasteiger partial charge in [0.15, 0.2) is 0 Å². The first-order valence-electron chi connectivity index (χ1n) is 5.68. The van der Waals surface area contributed by atoms with Crippen LogP contribution < -0.4 is 9.47 Å². The summed E-state index contributed by atoms with van der Waals surface area (Å²) in [7, 11) is 1.56. The van der Waals surface area contributed by atoms with E-state index in [0.29, 0.717) is 23.7 Å². The van der Waals surface area contributed by atoms with Gasteiger partial charge in [-0.3, -0.25) is 0 Å². The number of halogens is 1. The van der Waals surface area contributed by atoms with Crippen LogP contribution in [0.1, 0.15) is 11.1 Å². The van der Waals surface area contributed by atoms with Crippen LogP contribution in [0.4, 0.5) is 0 Å². The van der Waals surface area contributed by atoms with Crippen LogP contribution in [-0.2, 0) is 6.61 Å². The van der Waals surface area contributed by atoms with Gasteiger partial charge in [0.05, 0.1) is 18.7 Å². The number of nitriles is 1. The molecule has 19 heavy (non-hydrogen) atoms. The van der Waals surface area contributed by atoms with Crippen molar-refractivity contribution in [3.63, 3.8) is 0 Å². The van der Waals surface area contributed by atoms with Crippen LogP contribution in [0.15, 0.2) is 46.9 Å². The van der Waals surface area contributed by atoms with Crippen LogP contribution in [0, 0.1) is 11.3 Å². The Bertz CT molecular complexity index is 620. The van der Waals surface area contributed by atoms with Gasteiger partial charge in [-0.2, -0.15) is 5.26 Å². The monoisotopic (exact) mass is 317 g/mol. The van der Waals surface area contributed by atoms with Crippen LogP contribution in [0.2, 0.25) is 0 Å². The first-order chi connectivity index (χ1) is 9.22. The number of benzene rings is 2. The van der Waals surface area contributed by atoms with E-state index in [2.05, 4.69) is 22.0 Å². The highest BCUT2D eigenvalue weighted by molar-refractivity contribution is 9.10. The zero-order chi connectivity index (χ0) is 13.7. The highest BCUT2D eigenvalue weighted by Crippen LogP contribution is 2.24. The lowest BCUT2D eigenvalue weighted by molar-refractivity contribution is 0.303. The number of hydrogen-bond donors (Lipinski definition) is 0. The maximum Gasteiger partial charge on any atom is 0.124 e. The van der Waals surface area contributed by atoms with E-state index < -0.39 is 0 Å². The summed E-state index contributed by atoms with van der Waals surface area (Å²) in [6, 6.07) is 15.1. The highest BCUT2D eigenvalue weighted by atomic mass is 79.9. The lowest BCUT2D eigenvalue weighted by atomic mass is 10.2. The molecule has 0 aliphatic carbocycles. The van der Waals surface area contributed by atoms with E-state index in [4.69, 9.17) is 14.7 Å². The minimum absolute atomic E-state index is 0.430. The van der Waals surface area contributed by atoms with E-state index in [1.807, 2.05) is 24.3 Å². The second-order valence-corrected chi connectivity index (χ2v) is 4.74. The molecule has 0 atom stereocenters. The molecule has 0 fully saturated rings. The molecule has 0 aromatic heterocycles. The third-order valence-electron chi connectivity index (χ3n) is 2.60. The maximum atomic E-state index is 8.94. The van der Waals surface area contributed by atoms with Crippen molar-refractivity contribution in [1.29, 1.82) is 5.26 Å². The Kier molecular flexibility index (Phi) is 4.43. The van der Waals surface area contributed by atoms with Gasteiger partial charge in [0, 0.05) is 16.1 Å². The molecule has 2 aromatic rings. The highest BCUT2D eigenvalue weighted by Gasteiger charge is 2.04. The van der Waals surface area contributed by atoms with Crippen LogP contribution >= 0.6 is 15.9 Å². The van der Waals surface area contributed by atoms with Gasteiger partial charge in [0.25, 0.3) is 0 Å². The summed E-state index contributed by atoms with van der Waals surface area (Å²) in [5.74, 6) is 1.23. The molecule has 0 amide bonds. The summed E-state index contributed by atoms with van der Waals surface area (Å²) >= 11 is 3.47. The van der Waals surface area contributed by atoms with Crippen LogP contribution in [0.5, 0.6) is 11.5 Å². The molecular formula is C15H12BrNO2. The molecule has 0 N–H and O–H groups in total. The van der Waals surface area contributed by atoms with Crippen LogP contribution in [0.3, 0.4) is 0 Å². The quantitative estimate of drug-likeness (QED) is 0.858. The SMILES string of the molecule is COc1cc(C#N)cc(OCc2ccccc2Br)c1. The molecule has 0 bridgehead atoms. The topological polar surface area (TPSA) is 42.2 Å². The van der Waals surface area contributed by atoms with Gasteiger partial charge >= 0.3 is 0 Å². The molecule has 3 nitrogen and oxygen atoms in total. The van der Waals surface area contributed by atoms with Crippen molar-refractivity contribution >= 4 is 15.9 Å². The molecule has 2 aromatic carbocycles. The van der Waals surface area contributed by atoms with E-state index in [0.717, 1.165) is 10.0 Å². The van der Waals surface area contributed by atoms with Crippen molar-refractivity contribution in [3.8, 4) is 17.6 Å². The fraction of sp³-hybridized carbons (Fsp3) is 0.133. The molecule has 0 saturated carbocycles. The van der Waals surface area contributed by atoms with Crippen molar-refractivity contribution in [2.75, 3.05) is 7.11 Å². The van der Waals surface area contributed by atoms with Gasteiger partial charge in [-0.25, -0.2) is 0 Å². The zero-order valence-corrected chi connectivity index (χ0v) is 12.0. The van der Waals surface area contributed by atoms with E-state index in [9.17, 15) is 0 Å². The summed E-state index contributed by atoms with van der Waals surface area (Å²) in [6.45, 7) is 0.430. The zero-order valence-electron chi connectivity index (χ0n) is 10.4. The van der Waals surface area contributed by atoms with Crippen LogP contribution in [-0.4, -0.2) is 7.11 Å². The molecule has 0 saturated heterocycles. The van der Waals surface area contributed by atoms with Gasteiger partial charge in [0.2, 0.25) is 0 Å². The second-order valence-electron chi connectivity index (χ2n) is 3.89. The molecule has 0 spiro atoms. The summed E-state index contributed by atoms with van der Waals surface area (Å²) in [6.07, 6.45) is 0. The average molecular weight is 318 g/mol. The number of methoxy groups -OCH3 is 1. The van der Waals surface area contributed by atoms with Crippen molar-refractivity contribution in [2.24, 2.45) is 0 Å². The van der Waals surface area contributed by atoms with Gasteiger partial charge in [-0.05, 0) is 18.2 Å². The van der Waals surface area contributed by atoms with E-state index in [1.165, 1.54) is 0 Å².